The van der Waals surface area contributed by atoms with E-state index in [1.54, 1.807) is 32.2 Å². The molecular weight excluding hydrogens is 389 g/mol. The van der Waals surface area contributed by atoms with E-state index in [1.807, 2.05) is 0 Å². The number of aryl methyl sites for hydroxylation is 1. The van der Waals surface area contributed by atoms with Crippen LogP contribution in [0.5, 0.6) is 0 Å². The first-order valence-electron chi connectivity index (χ1n) is 8.19. The highest BCUT2D eigenvalue weighted by atomic mass is 35.5. The number of hydroxylamine groups is 2. The number of amides is 2. The number of hydrogen-bond acceptors (Lipinski definition) is 6. The Balaban J connectivity index is 1.99. The smallest absolute Gasteiger partial charge is 0.328 e. The molecule has 1 atom stereocenters. The van der Waals surface area contributed by atoms with E-state index in [9.17, 15) is 9.18 Å². The normalized spacial score (nSPS) is 11.9. The topological polar surface area (TPSA) is 109 Å². The molecule has 2 amide bonds. The number of urea groups is 1. The van der Waals surface area contributed by atoms with Gasteiger partial charge in [0.15, 0.2) is 0 Å². The average Bonchev–Trinajstić information content (AvgIpc) is 3.07. The van der Waals surface area contributed by atoms with Crippen molar-refractivity contribution in [2.24, 2.45) is 7.05 Å². The minimum atomic E-state index is -0.774. The first-order chi connectivity index (χ1) is 13.3. The van der Waals surface area contributed by atoms with Gasteiger partial charge in [0.2, 0.25) is 5.82 Å². The van der Waals surface area contributed by atoms with Crippen LogP contribution in [0.15, 0.2) is 30.5 Å². The molecule has 2 heterocycles. The van der Waals surface area contributed by atoms with Crippen LogP contribution in [0.25, 0.3) is 22.5 Å². The van der Waals surface area contributed by atoms with Crippen molar-refractivity contribution < 1.29 is 14.4 Å². The lowest BCUT2D eigenvalue weighted by atomic mass is 9.99. The molecule has 3 aromatic rings. The number of halogens is 2. The Labute approximate surface area is 164 Å². The molecule has 28 heavy (non-hydrogen) atoms. The van der Waals surface area contributed by atoms with Crippen LogP contribution >= 0.6 is 11.6 Å². The molecule has 0 radical (unpaired) electrons. The summed E-state index contributed by atoms with van der Waals surface area (Å²) in [5.41, 5.74) is 1.59. The third-order valence-corrected chi connectivity index (χ3v) is 4.29. The van der Waals surface area contributed by atoms with E-state index in [1.165, 1.54) is 17.1 Å². The molecule has 0 spiro atoms. The van der Waals surface area contributed by atoms with Crippen molar-refractivity contribution in [1.82, 2.24) is 35.6 Å². The van der Waals surface area contributed by atoms with Gasteiger partial charge in [0.05, 0.1) is 23.8 Å². The zero-order valence-corrected chi connectivity index (χ0v) is 16.0. The van der Waals surface area contributed by atoms with Crippen molar-refractivity contribution in [3.05, 3.63) is 47.0 Å². The van der Waals surface area contributed by atoms with Crippen LogP contribution in [0.3, 0.4) is 0 Å². The Hall–Kier alpha value is -3.11. The number of pyridine rings is 1. The van der Waals surface area contributed by atoms with E-state index < -0.39 is 17.9 Å². The van der Waals surface area contributed by atoms with Crippen LogP contribution in [0.1, 0.15) is 18.7 Å². The van der Waals surface area contributed by atoms with Gasteiger partial charge >= 0.3 is 6.03 Å². The quantitative estimate of drug-likeness (QED) is 0.510. The van der Waals surface area contributed by atoms with Gasteiger partial charge in [-0.15, -0.1) is 10.2 Å². The molecule has 0 unspecified atom stereocenters. The van der Waals surface area contributed by atoms with Crippen molar-refractivity contribution in [1.29, 1.82) is 0 Å². The van der Waals surface area contributed by atoms with Crippen molar-refractivity contribution in [2.45, 2.75) is 13.0 Å². The Kier molecular flexibility index (Phi) is 5.52. The second kappa shape index (κ2) is 7.87. The molecule has 3 rings (SSSR count). The minimum absolute atomic E-state index is 0.0279. The summed E-state index contributed by atoms with van der Waals surface area (Å²) in [6.45, 7) is 1.56. The standard InChI is InChI=1S/C17H17ClFN7O2/c1-9(21-17(27)25(2)28)15-13(19)7-10(8-20-15)11-5-4-6-12(18)14(11)16-22-24-26(3)23-16/h4-9,28H,1-3H3,(H,21,27)/t9-/m1/s1. The summed E-state index contributed by atoms with van der Waals surface area (Å²) >= 11 is 6.32. The molecule has 1 aromatic carbocycles. The molecule has 0 fully saturated rings. The van der Waals surface area contributed by atoms with Gasteiger partial charge in [0, 0.05) is 24.4 Å². The number of tetrazole rings is 1. The number of rotatable bonds is 4. The SMILES string of the molecule is C[C@@H](NC(=O)N(C)O)c1ncc(-c2cccc(Cl)c2-c2nnn(C)n2)cc1F. The molecule has 0 aliphatic rings. The number of aromatic nitrogens is 5. The number of nitrogens with one attached hydrogen (secondary N) is 1. The lowest BCUT2D eigenvalue weighted by molar-refractivity contribution is -0.0193. The highest BCUT2D eigenvalue weighted by Gasteiger charge is 2.20. The zero-order chi connectivity index (χ0) is 20.4. The Morgan fingerprint density at radius 2 is 2.18 bits per heavy atom. The maximum absolute atomic E-state index is 14.7. The van der Waals surface area contributed by atoms with Gasteiger partial charge in [-0.3, -0.25) is 10.2 Å². The highest BCUT2D eigenvalue weighted by Crippen LogP contribution is 2.36. The van der Waals surface area contributed by atoms with Crippen LogP contribution in [-0.2, 0) is 7.05 Å². The summed E-state index contributed by atoms with van der Waals surface area (Å²) in [6, 6.07) is 4.92. The number of carbonyl (C=O) groups excluding carboxylic acids is 1. The third-order valence-electron chi connectivity index (χ3n) is 3.97. The lowest BCUT2D eigenvalue weighted by Gasteiger charge is -2.17. The molecule has 2 aromatic heterocycles. The maximum atomic E-state index is 14.7. The number of nitrogens with zero attached hydrogens (tertiary/aromatic N) is 6. The monoisotopic (exact) mass is 405 g/mol. The lowest BCUT2D eigenvalue weighted by Crippen LogP contribution is -2.37. The van der Waals surface area contributed by atoms with E-state index in [0.29, 0.717) is 32.6 Å². The Morgan fingerprint density at radius 3 is 2.79 bits per heavy atom. The summed E-state index contributed by atoms with van der Waals surface area (Å²) in [6.07, 6.45) is 1.47. The van der Waals surface area contributed by atoms with Crippen LogP contribution in [0, 0.1) is 5.82 Å². The van der Waals surface area contributed by atoms with Gasteiger partial charge in [-0.2, -0.15) is 4.80 Å². The third kappa shape index (κ3) is 3.92. The predicted octanol–water partition coefficient (Wildman–Crippen LogP) is 2.82. The molecule has 11 heteroatoms. The Morgan fingerprint density at radius 1 is 1.43 bits per heavy atom. The second-order valence-electron chi connectivity index (χ2n) is 6.05. The summed E-state index contributed by atoms with van der Waals surface area (Å²) in [5.74, 6) is -0.317. The van der Waals surface area contributed by atoms with Crippen molar-refractivity contribution in [2.75, 3.05) is 7.05 Å². The van der Waals surface area contributed by atoms with Crippen molar-refractivity contribution in [3.63, 3.8) is 0 Å². The molecule has 0 aliphatic carbocycles. The largest absolute Gasteiger partial charge is 0.341 e. The van der Waals surface area contributed by atoms with Gasteiger partial charge in [0.25, 0.3) is 0 Å². The number of benzene rings is 1. The zero-order valence-electron chi connectivity index (χ0n) is 15.3. The fourth-order valence-electron chi connectivity index (χ4n) is 2.64. The number of hydrogen-bond donors (Lipinski definition) is 2. The van der Waals surface area contributed by atoms with Gasteiger partial charge < -0.3 is 5.32 Å². The summed E-state index contributed by atoms with van der Waals surface area (Å²) in [5, 5.41) is 24.3. The summed E-state index contributed by atoms with van der Waals surface area (Å²) in [7, 11) is 2.79. The van der Waals surface area contributed by atoms with Crippen LogP contribution in [0.4, 0.5) is 9.18 Å². The first kappa shape index (κ1) is 19.6. The summed E-state index contributed by atoms with van der Waals surface area (Å²) in [4.78, 5) is 17.0. The molecule has 2 N–H and O–H groups in total. The molecule has 9 nitrogen and oxygen atoms in total. The van der Waals surface area contributed by atoms with E-state index in [0.717, 1.165) is 7.05 Å². The fraction of sp³-hybridized carbons (Fsp3) is 0.235. The first-order valence-corrected chi connectivity index (χ1v) is 8.57. The molecule has 0 aliphatic heterocycles. The average molecular weight is 406 g/mol. The minimum Gasteiger partial charge on any atom is -0.328 e. The Bertz CT molecular complexity index is 1020. The van der Waals surface area contributed by atoms with Gasteiger partial charge in [-0.05, 0) is 29.8 Å². The maximum Gasteiger partial charge on any atom is 0.341 e. The van der Waals surface area contributed by atoms with E-state index in [2.05, 4.69) is 25.7 Å². The van der Waals surface area contributed by atoms with Crippen LogP contribution in [0.2, 0.25) is 5.02 Å². The van der Waals surface area contributed by atoms with Crippen molar-refractivity contribution >= 4 is 17.6 Å². The van der Waals surface area contributed by atoms with Crippen LogP contribution < -0.4 is 5.32 Å². The predicted molar refractivity (Wildman–Crippen MR) is 98.9 cm³/mol. The molecule has 0 bridgehead atoms. The molecule has 146 valence electrons. The van der Waals surface area contributed by atoms with E-state index in [4.69, 9.17) is 16.8 Å². The van der Waals surface area contributed by atoms with Gasteiger partial charge in [-0.1, -0.05) is 23.7 Å². The molecular formula is C17H17ClFN7O2. The van der Waals surface area contributed by atoms with Crippen molar-refractivity contribution in [3.8, 4) is 22.5 Å². The number of carbonyl (C=O) groups is 1. The summed E-state index contributed by atoms with van der Waals surface area (Å²) < 4.78 is 14.7. The molecule has 0 saturated carbocycles. The molecule has 0 saturated heterocycles. The van der Waals surface area contributed by atoms with Gasteiger partial charge in [0.1, 0.15) is 5.82 Å². The van der Waals surface area contributed by atoms with E-state index in [-0.39, 0.29) is 5.69 Å². The highest BCUT2D eigenvalue weighted by molar-refractivity contribution is 6.33. The van der Waals surface area contributed by atoms with E-state index >= 15 is 0 Å². The fourth-order valence-corrected chi connectivity index (χ4v) is 2.90. The second-order valence-corrected chi connectivity index (χ2v) is 6.46. The van der Waals surface area contributed by atoms with Crippen LogP contribution in [-0.4, -0.2) is 48.5 Å². The van der Waals surface area contributed by atoms with Gasteiger partial charge in [-0.25, -0.2) is 14.2 Å².